The number of benzene rings is 3. The van der Waals surface area contributed by atoms with Crippen LogP contribution in [0.2, 0.25) is 0 Å². The fourth-order valence-electron chi connectivity index (χ4n) is 2.98. The zero-order valence-corrected chi connectivity index (χ0v) is 16.2. The van der Waals surface area contributed by atoms with E-state index >= 15 is 0 Å². The van der Waals surface area contributed by atoms with E-state index in [1.54, 1.807) is 12.1 Å². The molecule has 30 heavy (non-hydrogen) atoms. The summed E-state index contributed by atoms with van der Waals surface area (Å²) >= 11 is 0. The minimum Gasteiger partial charge on any atom is -0.381 e. The highest BCUT2D eigenvalue weighted by Gasteiger charge is 2.15. The van der Waals surface area contributed by atoms with Crippen molar-refractivity contribution >= 4 is 11.6 Å². The molecule has 0 aliphatic carbocycles. The molecular formula is C23H19FN4O2. The second-order valence-corrected chi connectivity index (χ2v) is 6.89. The van der Waals surface area contributed by atoms with Gasteiger partial charge in [-0.1, -0.05) is 29.8 Å². The van der Waals surface area contributed by atoms with Crippen molar-refractivity contribution in [3.63, 3.8) is 0 Å². The summed E-state index contributed by atoms with van der Waals surface area (Å²) in [5.74, 6) is -1.02. The minimum atomic E-state index is -0.593. The Labute approximate surface area is 172 Å². The summed E-state index contributed by atoms with van der Waals surface area (Å²) in [7, 11) is 0. The second kappa shape index (κ2) is 8.16. The van der Waals surface area contributed by atoms with Crippen molar-refractivity contribution in [2.75, 3.05) is 5.32 Å². The van der Waals surface area contributed by atoms with Gasteiger partial charge in [-0.2, -0.15) is 9.78 Å². The number of hydrogen-bond donors (Lipinski definition) is 1. The molecule has 1 heterocycles. The first-order valence-corrected chi connectivity index (χ1v) is 9.38. The molecular weight excluding hydrogens is 383 g/mol. The first-order valence-electron chi connectivity index (χ1n) is 9.38. The van der Waals surface area contributed by atoms with Gasteiger partial charge < -0.3 is 5.32 Å². The van der Waals surface area contributed by atoms with Crippen LogP contribution in [-0.4, -0.2) is 20.3 Å². The highest BCUT2D eigenvalue weighted by Crippen LogP contribution is 2.13. The molecule has 0 radical (unpaired) electrons. The number of nitrogens with one attached hydrogen (secondary N) is 1. The lowest BCUT2D eigenvalue weighted by Crippen LogP contribution is -2.28. The third-order valence-corrected chi connectivity index (χ3v) is 4.71. The minimum absolute atomic E-state index is 0.203. The van der Waals surface area contributed by atoms with Crippen LogP contribution in [0.15, 0.2) is 83.9 Å². The fraction of sp³-hybridized carbons (Fsp3) is 0.0870. The molecule has 0 spiro atoms. The van der Waals surface area contributed by atoms with Crippen LogP contribution in [0.1, 0.15) is 21.5 Å². The molecule has 0 saturated heterocycles. The summed E-state index contributed by atoms with van der Waals surface area (Å²) in [6, 6.07) is 20.5. The third-order valence-electron chi connectivity index (χ3n) is 4.71. The molecule has 0 amide bonds. The second-order valence-electron chi connectivity index (χ2n) is 6.89. The Kier molecular flexibility index (Phi) is 5.26. The number of carbonyl (C=O) groups excluding carboxylic acids is 1. The molecule has 0 saturated carbocycles. The number of hydrogen-bond acceptors (Lipinski definition) is 4. The number of aryl methyl sites for hydroxylation is 1. The molecule has 1 N–H and O–H groups in total. The summed E-state index contributed by atoms with van der Waals surface area (Å²) in [4.78, 5) is 25.1. The lowest BCUT2D eigenvalue weighted by Gasteiger charge is -2.08. The molecule has 3 aromatic carbocycles. The quantitative estimate of drug-likeness (QED) is 0.552. The monoisotopic (exact) mass is 402 g/mol. The lowest BCUT2D eigenvalue weighted by molar-refractivity contribution is 0.0955. The van der Waals surface area contributed by atoms with Gasteiger partial charge in [0.05, 0.1) is 5.69 Å². The van der Waals surface area contributed by atoms with Crippen LogP contribution in [0.25, 0.3) is 5.69 Å². The molecule has 0 unspecified atom stereocenters. The van der Waals surface area contributed by atoms with Gasteiger partial charge in [-0.05, 0) is 61.0 Å². The van der Waals surface area contributed by atoms with Crippen molar-refractivity contribution in [3.8, 4) is 5.69 Å². The Morgan fingerprint density at radius 1 is 0.967 bits per heavy atom. The van der Waals surface area contributed by atoms with Gasteiger partial charge >= 0.3 is 5.69 Å². The topological polar surface area (TPSA) is 68.9 Å². The van der Waals surface area contributed by atoms with E-state index in [9.17, 15) is 14.0 Å². The molecule has 0 aliphatic heterocycles. The number of anilines is 1. The largest absolute Gasteiger partial charge is 0.381 e. The fourth-order valence-corrected chi connectivity index (χ4v) is 2.98. The highest BCUT2D eigenvalue weighted by atomic mass is 19.1. The molecule has 150 valence electrons. The van der Waals surface area contributed by atoms with Crippen molar-refractivity contribution in [1.29, 1.82) is 0 Å². The highest BCUT2D eigenvalue weighted by molar-refractivity contribution is 5.95. The SMILES string of the molecule is Cc1ccc(CNc2ccc(-n3ncn(C(=O)c4ccc(F)cc4)c3=O)cc2)cc1. The molecule has 0 bridgehead atoms. The maximum absolute atomic E-state index is 13.1. The summed E-state index contributed by atoms with van der Waals surface area (Å²) < 4.78 is 15.1. The molecule has 4 rings (SSSR count). The number of aromatic nitrogens is 3. The van der Waals surface area contributed by atoms with Crippen molar-refractivity contribution in [2.24, 2.45) is 0 Å². The Balaban J connectivity index is 1.49. The van der Waals surface area contributed by atoms with Crippen LogP contribution in [0.5, 0.6) is 0 Å². The molecule has 7 heteroatoms. The standard InChI is InChI=1S/C23H19FN4O2/c1-16-2-4-17(5-3-16)14-25-20-10-12-21(13-11-20)28-23(30)27(15-26-28)22(29)18-6-8-19(24)9-7-18/h2-13,15,25H,14H2,1H3. The zero-order chi connectivity index (χ0) is 21.1. The van der Waals surface area contributed by atoms with E-state index in [0.29, 0.717) is 12.2 Å². The van der Waals surface area contributed by atoms with Crippen molar-refractivity contribution in [2.45, 2.75) is 13.5 Å². The number of rotatable bonds is 5. The summed E-state index contributed by atoms with van der Waals surface area (Å²) in [6.45, 7) is 2.73. The van der Waals surface area contributed by atoms with E-state index in [2.05, 4.69) is 34.7 Å². The predicted octanol–water partition coefficient (Wildman–Crippen LogP) is 3.78. The Hall–Kier alpha value is -4.00. The van der Waals surface area contributed by atoms with Crippen LogP contribution >= 0.6 is 0 Å². The van der Waals surface area contributed by atoms with Crippen molar-refractivity contribution in [3.05, 3.63) is 112 Å². The van der Waals surface area contributed by atoms with Gasteiger partial charge in [0.25, 0.3) is 5.91 Å². The molecule has 4 aromatic rings. The van der Waals surface area contributed by atoms with Crippen molar-refractivity contribution < 1.29 is 9.18 Å². The van der Waals surface area contributed by atoms with E-state index in [-0.39, 0.29) is 5.56 Å². The van der Waals surface area contributed by atoms with Crippen LogP contribution in [0.4, 0.5) is 10.1 Å². The van der Waals surface area contributed by atoms with Crippen molar-refractivity contribution in [1.82, 2.24) is 14.3 Å². The van der Waals surface area contributed by atoms with E-state index in [0.717, 1.165) is 21.3 Å². The van der Waals surface area contributed by atoms with Gasteiger partial charge in [-0.25, -0.2) is 13.8 Å². The molecule has 0 aliphatic rings. The molecule has 6 nitrogen and oxygen atoms in total. The molecule has 0 atom stereocenters. The Morgan fingerprint density at radius 2 is 1.63 bits per heavy atom. The smallest absolute Gasteiger partial charge is 0.357 e. The number of nitrogens with zero attached hydrogens (tertiary/aromatic N) is 3. The Morgan fingerprint density at radius 3 is 2.30 bits per heavy atom. The maximum Gasteiger partial charge on any atom is 0.357 e. The number of carbonyl (C=O) groups is 1. The van der Waals surface area contributed by atoms with E-state index in [1.807, 2.05) is 19.1 Å². The number of halogens is 1. The van der Waals surface area contributed by atoms with Gasteiger partial charge in [-0.3, -0.25) is 4.79 Å². The van der Waals surface area contributed by atoms with E-state index < -0.39 is 17.4 Å². The molecule has 1 aromatic heterocycles. The molecule has 0 fully saturated rings. The third kappa shape index (κ3) is 4.05. The van der Waals surface area contributed by atoms with Crippen LogP contribution in [0, 0.1) is 12.7 Å². The van der Waals surface area contributed by atoms with Gasteiger partial charge in [0.15, 0.2) is 0 Å². The zero-order valence-electron chi connectivity index (χ0n) is 16.2. The van der Waals surface area contributed by atoms with E-state index in [1.165, 1.54) is 35.4 Å². The van der Waals surface area contributed by atoms with E-state index in [4.69, 9.17) is 0 Å². The summed E-state index contributed by atoms with van der Waals surface area (Å²) in [6.07, 6.45) is 1.16. The van der Waals surface area contributed by atoms with Gasteiger partial charge in [0.1, 0.15) is 12.1 Å². The summed E-state index contributed by atoms with van der Waals surface area (Å²) in [5.41, 5.74) is 3.42. The lowest BCUT2D eigenvalue weighted by atomic mass is 10.1. The van der Waals surface area contributed by atoms with Crippen LogP contribution in [0.3, 0.4) is 0 Å². The van der Waals surface area contributed by atoms with Gasteiger partial charge in [0, 0.05) is 17.8 Å². The Bertz CT molecular complexity index is 1220. The van der Waals surface area contributed by atoms with Crippen LogP contribution < -0.4 is 11.0 Å². The predicted molar refractivity (Wildman–Crippen MR) is 112 cm³/mol. The maximum atomic E-state index is 13.1. The van der Waals surface area contributed by atoms with Crippen LogP contribution in [-0.2, 0) is 6.54 Å². The average molecular weight is 402 g/mol. The average Bonchev–Trinajstić information content (AvgIpc) is 3.15. The normalized spacial score (nSPS) is 10.7. The summed E-state index contributed by atoms with van der Waals surface area (Å²) in [5, 5.41) is 7.36. The van der Waals surface area contributed by atoms with Gasteiger partial charge in [0.2, 0.25) is 0 Å². The first-order chi connectivity index (χ1) is 14.5. The van der Waals surface area contributed by atoms with Gasteiger partial charge in [-0.15, -0.1) is 0 Å². The first kappa shape index (κ1) is 19.3.